The first-order valence-electron chi connectivity index (χ1n) is 4.96. The molecule has 0 fully saturated rings. The van der Waals surface area contributed by atoms with Crippen molar-refractivity contribution < 1.29 is 4.79 Å². The van der Waals surface area contributed by atoms with Crippen molar-refractivity contribution in [1.29, 1.82) is 0 Å². The van der Waals surface area contributed by atoms with E-state index in [1.54, 1.807) is 12.1 Å². The van der Waals surface area contributed by atoms with Gasteiger partial charge in [0.2, 0.25) is 0 Å². The summed E-state index contributed by atoms with van der Waals surface area (Å²) in [6.45, 7) is 0. The monoisotopic (exact) mass is 206 g/mol. The number of terminal acetylenes is 1. The van der Waals surface area contributed by atoms with E-state index < -0.39 is 0 Å². The fourth-order valence-corrected chi connectivity index (χ4v) is 1.62. The minimum absolute atomic E-state index is 0.637. The standard InChI is InChI=1S/C15H10O/c1-2-13-9-8-12(11-16)10-15(13)14-6-4-3-5-7-14/h1,3-11H. The smallest absolute Gasteiger partial charge is 0.150 e. The summed E-state index contributed by atoms with van der Waals surface area (Å²) in [5.41, 5.74) is 3.39. The van der Waals surface area contributed by atoms with Crippen molar-refractivity contribution in [3.63, 3.8) is 0 Å². The maximum atomic E-state index is 10.7. The number of carbonyl (C=O) groups excluding carboxylic acids is 1. The SMILES string of the molecule is C#Cc1ccc(C=O)cc1-c1ccccc1. The molecule has 0 heterocycles. The molecular formula is C15H10O. The number of aldehydes is 1. The number of benzene rings is 2. The van der Waals surface area contributed by atoms with Gasteiger partial charge < -0.3 is 0 Å². The zero-order valence-corrected chi connectivity index (χ0v) is 8.68. The highest BCUT2D eigenvalue weighted by Crippen LogP contribution is 2.23. The van der Waals surface area contributed by atoms with Crippen LogP contribution in [0, 0.1) is 12.3 Å². The normalized spacial score (nSPS) is 9.44. The van der Waals surface area contributed by atoms with Crippen molar-refractivity contribution in [3.8, 4) is 23.5 Å². The molecule has 0 unspecified atom stereocenters. The lowest BCUT2D eigenvalue weighted by molar-refractivity contribution is 0.112. The third-order valence-corrected chi connectivity index (χ3v) is 2.42. The first kappa shape index (κ1) is 10.2. The van der Waals surface area contributed by atoms with E-state index in [4.69, 9.17) is 6.42 Å². The lowest BCUT2D eigenvalue weighted by Gasteiger charge is -2.05. The quantitative estimate of drug-likeness (QED) is 0.545. The summed E-state index contributed by atoms with van der Waals surface area (Å²) < 4.78 is 0. The van der Waals surface area contributed by atoms with Crippen molar-refractivity contribution in [2.24, 2.45) is 0 Å². The Labute approximate surface area is 94.7 Å². The van der Waals surface area contributed by atoms with E-state index in [0.29, 0.717) is 5.56 Å². The lowest BCUT2D eigenvalue weighted by Crippen LogP contribution is -1.87. The van der Waals surface area contributed by atoms with E-state index >= 15 is 0 Å². The van der Waals surface area contributed by atoms with Crippen molar-refractivity contribution in [1.82, 2.24) is 0 Å². The molecule has 0 aliphatic heterocycles. The van der Waals surface area contributed by atoms with Crippen LogP contribution in [0.2, 0.25) is 0 Å². The van der Waals surface area contributed by atoms with Crippen LogP contribution in [0.4, 0.5) is 0 Å². The second-order valence-electron chi connectivity index (χ2n) is 3.43. The molecule has 16 heavy (non-hydrogen) atoms. The fraction of sp³-hybridized carbons (Fsp3) is 0. The number of hydrogen-bond donors (Lipinski definition) is 0. The summed E-state index contributed by atoms with van der Waals surface area (Å²) in [6, 6.07) is 15.1. The summed E-state index contributed by atoms with van der Waals surface area (Å²) in [6.07, 6.45) is 6.27. The largest absolute Gasteiger partial charge is 0.298 e. The molecule has 1 heteroatoms. The highest BCUT2D eigenvalue weighted by atomic mass is 16.1. The molecule has 0 N–H and O–H groups in total. The number of carbonyl (C=O) groups is 1. The highest BCUT2D eigenvalue weighted by molar-refractivity contribution is 5.81. The van der Waals surface area contributed by atoms with E-state index in [2.05, 4.69) is 5.92 Å². The van der Waals surface area contributed by atoms with Gasteiger partial charge in [-0.25, -0.2) is 0 Å². The van der Waals surface area contributed by atoms with Gasteiger partial charge in [0.25, 0.3) is 0 Å². The Balaban J connectivity index is 2.63. The average molecular weight is 206 g/mol. The molecule has 0 aliphatic carbocycles. The van der Waals surface area contributed by atoms with Gasteiger partial charge in [-0.2, -0.15) is 0 Å². The summed E-state index contributed by atoms with van der Waals surface area (Å²) >= 11 is 0. The maximum Gasteiger partial charge on any atom is 0.150 e. The summed E-state index contributed by atoms with van der Waals surface area (Å²) in [7, 11) is 0. The summed E-state index contributed by atoms with van der Waals surface area (Å²) in [4.78, 5) is 10.7. The van der Waals surface area contributed by atoms with Crippen molar-refractivity contribution in [3.05, 3.63) is 59.7 Å². The summed E-state index contributed by atoms with van der Waals surface area (Å²) in [5, 5.41) is 0. The molecule has 0 atom stereocenters. The predicted molar refractivity (Wildman–Crippen MR) is 65.2 cm³/mol. The van der Waals surface area contributed by atoms with Crippen molar-refractivity contribution in [2.45, 2.75) is 0 Å². The predicted octanol–water partition coefficient (Wildman–Crippen LogP) is 3.15. The van der Waals surface area contributed by atoms with Crippen LogP contribution in [0.1, 0.15) is 15.9 Å². The van der Waals surface area contributed by atoms with E-state index in [0.717, 1.165) is 23.0 Å². The molecule has 2 aromatic carbocycles. The molecule has 0 bridgehead atoms. The number of rotatable bonds is 2. The van der Waals surface area contributed by atoms with Gasteiger partial charge >= 0.3 is 0 Å². The van der Waals surface area contributed by atoms with Crippen LogP contribution in [0.25, 0.3) is 11.1 Å². The third kappa shape index (κ3) is 1.87. The van der Waals surface area contributed by atoms with Crippen LogP contribution in [-0.4, -0.2) is 6.29 Å². The van der Waals surface area contributed by atoms with E-state index in [-0.39, 0.29) is 0 Å². The second-order valence-corrected chi connectivity index (χ2v) is 3.43. The molecule has 0 aromatic heterocycles. The van der Waals surface area contributed by atoms with E-state index in [9.17, 15) is 4.79 Å². The van der Waals surface area contributed by atoms with E-state index in [1.807, 2.05) is 36.4 Å². The first-order valence-corrected chi connectivity index (χ1v) is 4.96. The summed E-state index contributed by atoms with van der Waals surface area (Å²) in [5.74, 6) is 2.63. The van der Waals surface area contributed by atoms with Crippen LogP contribution in [0.5, 0.6) is 0 Å². The molecule has 0 spiro atoms. The molecule has 0 radical (unpaired) electrons. The number of hydrogen-bond acceptors (Lipinski definition) is 1. The van der Waals surface area contributed by atoms with Crippen LogP contribution in [-0.2, 0) is 0 Å². The fourth-order valence-electron chi connectivity index (χ4n) is 1.62. The van der Waals surface area contributed by atoms with E-state index in [1.165, 1.54) is 0 Å². The van der Waals surface area contributed by atoms with Gasteiger partial charge in [0, 0.05) is 11.1 Å². The van der Waals surface area contributed by atoms with Crippen LogP contribution in [0.3, 0.4) is 0 Å². The molecule has 0 aliphatic rings. The molecule has 0 amide bonds. The Morgan fingerprint density at radius 1 is 1.06 bits per heavy atom. The van der Waals surface area contributed by atoms with Crippen molar-refractivity contribution >= 4 is 6.29 Å². The Hall–Kier alpha value is -2.33. The highest BCUT2D eigenvalue weighted by Gasteiger charge is 2.03. The molecule has 76 valence electrons. The van der Waals surface area contributed by atoms with Gasteiger partial charge in [-0.15, -0.1) is 6.42 Å². The van der Waals surface area contributed by atoms with Crippen LogP contribution < -0.4 is 0 Å². The molecular weight excluding hydrogens is 196 g/mol. The van der Waals surface area contributed by atoms with Gasteiger partial charge in [0.05, 0.1) is 0 Å². The molecule has 2 aromatic rings. The van der Waals surface area contributed by atoms with Crippen molar-refractivity contribution in [2.75, 3.05) is 0 Å². The van der Waals surface area contributed by atoms with Gasteiger partial charge in [0.15, 0.2) is 0 Å². The molecule has 0 saturated carbocycles. The lowest BCUT2D eigenvalue weighted by atomic mass is 9.98. The molecule has 0 saturated heterocycles. The Morgan fingerprint density at radius 3 is 2.44 bits per heavy atom. The van der Waals surface area contributed by atoms with Gasteiger partial charge in [0.1, 0.15) is 6.29 Å². The minimum Gasteiger partial charge on any atom is -0.298 e. The first-order chi connectivity index (χ1) is 7.85. The average Bonchev–Trinajstić information content (AvgIpc) is 2.39. The Kier molecular flexibility index (Phi) is 2.84. The third-order valence-electron chi connectivity index (χ3n) is 2.42. The second kappa shape index (κ2) is 4.46. The molecule has 1 nitrogen and oxygen atoms in total. The Bertz CT molecular complexity index is 547. The zero-order valence-electron chi connectivity index (χ0n) is 8.68. The zero-order chi connectivity index (χ0) is 11.4. The van der Waals surface area contributed by atoms with Gasteiger partial charge in [-0.1, -0.05) is 42.3 Å². The minimum atomic E-state index is 0.637. The Morgan fingerprint density at radius 2 is 1.81 bits per heavy atom. The van der Waals surface area contributed by atoms with Gasteiger partial charge in [-0.3, -0.25) is 4.79 Å². The van der Waals surface area contributed by atoms with Crippen LogP contribution >= 0.6 is 0 Å². The van der Waals surface area contributed by atoms with Gasteiger partial charge in [-0.05, 0) is 23.3 Å². The topological polar surface area (TPSA) is 17.1 Å². The maximum absolute atomic E-state index is 10.7. The molecule has 2 rings (SSSR count). The van der Waals surface area contributed by atoms with Crippen LogP contribution in [0.15, 0.2) is 48.5 Å².